The number of halogens is 1. The van der Waals surface area contributed by atoms with Crippen LogP contribution >= 0.6 is 0 Å². The minimum atomic E-state index is -0.261. The zero-order valence-electron chi connectivity index (χ0n) is 17.2. The fourth-order valence-electron chi connectivity index (χ4n) is 3.70. The number of rotatable bonds is 5. The van der Waals surface area contributed by atoms with Crippen LogP contribution in [0.5, 0.6) is 0 Å². The number of aromatic nitrogens is 2. The number of carbonyl (C=O) groups is 1. The molecule has 0 aliphatic carbocycles. The number of aryl methyl sites for hydroxylation is 2. The lowest BCUT2D eigenvalue weighted by atomic mass is 10.0. The molecular weight excluding hydrogens is 355 g/mol. The fraction of sp³-hybridized carbons (Fsp3) is 0.500. The van der Waals surface area contributed by atoms with Gasteiger partial charge in [0, 0.05) is 37.8 Å². The Morgan fingerprint density at radius 2 is 1.93 bits per heavy atom. The van der Waals surface area contributed by atoms with Gasteiger partial charge in [-0.1, -0.05) is 32.9 Å². The largest absolute Gasteiger partial charge is 0.354 e. The second-order valence-corrected chi connectivity index (χ2v) is 7.77. The monoisotopic (exact) mass is 384 g/mol. The second kappa shape index (κ2) is 8.67. The van der Waals surface area contributed by atoms with Gasteiger partial charge in [0.1, 0.15) is 17.5 Å². The van der Waals surface area contributed by atoms with Gasteiger partial charge in [-0.25, -0.2) is 14.4 Å². The Hall–Kier alpha value is -2.50. The Balaban J connectivity index is 1.87. The highest BCUT2D eigenvalue weighted by Gasteiger charge is 2.32. The van der Waals surface area contributed by atoms with Gasteiger partial charge in [0.05, 0.1) is 6.04 Å². The molecule has 1 aromatic carbocycles. The maximum atomic E-state index is 13.2. The third-order valence-electron chi connectivity index (χ3n) is 5.32. The van der Waals surface area contributed by atoms with Gasteiger partial charge in [-0.2, -0.15) is 0 Å². The highest BCUT2D eigenvalue weighted by molar-refractivity contribution is 5.78. The summed E-state index contributed by atoms with van der Waals surface area (Å²) in [5, 5.41) is 0. The Morgan fingerprint density at radius 3 is 2.57 bits per heavy atom. The third kappa shape index (κ3) is 4.66. The smallest absolute Gasteiger partial charge is 0.224 e. The highest BCUT2D eigenvalue weighted by atomic mass is 19.1. The average molecular weight is 384 g/mol. The van der Waals surface area contributed by atoms with Crippen LogP contribution in [0.3, 0.4) is 0 Å². The van der Waals surface area contributed by atoms with Gasteiger partial charge in [-0.15, -0.1) is 0 Å². The first-order valence-electron chi connectivity index (χ1n) is 10.0. The summed E-state index contributed by atoms with van der Waals surface area (Å²) in [6, 6.07) is 8.49. The van der Waals surface area contributed by atoms with Crippen molar-refractivity contribution in [1.82, 2.24) is 14.9 Å². The molecule has 1 saturated heterocycles. The van der Waals surface area contributed by atoms with Crippen molar-refractivity contribution in [1.29, 1.82) is 0 Å². The van der Waals surface area contributed by atoms with E-state index < -0.39 is 0 Å². The molecule has 0 unspecified atom stereocenters. The molecule has 6 heteroatoms. The zero-order chi connectivity index (χ0) is 20.3. The van der Waals surface area contributed by atoms with Crippen LogP contribution in [-0.2, 0) is 17.8 Å². The van der Waals surface area contributed by atoms with Crippen molar-refractivity contribution in [3.05, 3.63) is 53.2 Å². The van der Waals surface area contributed by atoms with Crippen molar-refractivity contribution in [3.63, 3.8) is 0 Å². The average Bonchev–Trinajstić information content (AvgIpc) is 2.83. The number of benzene rings is 1. The van der Waals surface area contributed by atoms with Crippen LogP contribution in [-0.4, -0.2) is 39.9 Å². The predicted molar refractivity (Wildman–Crippen MR) is 109 cm³/mol. The molecule has 5 nitrogen and oxygen atoms in total. The summed E-state index contributed by atoms with van der Waals surface area (Å²) in [7, 11) is 0. The van der Waals surface area contributed by atoms with E-state index in [1.165, 1.54) is 12.1 Å². The number of hydrogen-bond acceptors (Lipinski definition) is 4. The van der Waals surface area contributed by atoms with Gasteiger partial charge < -0.3 is 9.80 Å². The van der Waals surface area contributed by atoms with Gasteiger partial charge in [-0.05, 0) is 37.0 Å². The van der Waals surface area contributed by atoms with Gasteiger partial charge in [-0.3, -0.25) is 4.79 Å². The van der Waals surface area contributed by atoms with Crippen LogP contribution in [0.15, 0.2) is 30.3 Å². The van der Waals surface area contributed by atoms with Gasteiger partial charge >= 0.3 is 0 Å². The Labute approximate surface area is 166 Å². The van der Waals surface area contributed by atoms with Gasteiger partial charge in [0.2, 0.25) is 5.91 Å². The summed E-state index contributed by atoms with van der Waals surface area (Å²) >= 11 is 0. The van der Waals surface area contributed by atoms with Crippen LogP contribution < -0.4 is 4.90 Å². The number of carbonyl (C=O) groups excluding carboxylic acids is 1. The van der Waals surface area contributed by atoms with E-state index in [0.717, 1.165) is 35.9 Å². The number of hydrogen-bond donors (Lipinski definition) is 0. The molecule has 0 radical (unpaired) electrons. The third-order valence-corrected chi connectivity index (χ3v) is 5.32. The fourth-order valence-corrected chi connectivity index (χ4v) is 3.70. The Bertz CT molecular complexity index is 822. The molecule has 1 aliphatic heterocycles. The lowest BCUT2D eigenvalue weighted by Crippen LogP contribution is -2.46. The molecule has 1 atom stereocenters. The molecule has 2 aromatic rings. The quantitative estimate of drug-likeness (QED) is 0.788. The van der Waals surface area contributed by atoms with E-state index in [1.54, 1.807) is 12.1 Å². The maximum absolute atomic E-state index is 13.2. The van der Waals surface area contributed by atoms with Crippen LogP contribution in [0.1, 0.15) is 44.3 Å². The summed E-state index contributed by atoms with van der Waals surface area (Å²) in [6.45, 7) is 10.1. The van der Waals surface area contributed by atoms with E-state index in [2.05, 4.69) is 35.6 Å². The second-order valence-electron chi connectivity index (χ2n) is 7.77. The Kier molecular flexibility index (Phi) is 6.27. The maximum Gasteiger partial charge on any atom is 0.224 e. The van der Waals surface area contributed by atoms with Crippen LogP contribution in [0.25, 0.3) is 0 Å². The minimum Gasteiger partial charge on any atom is -0.354 e. The van der Waals surface area contributed by atoms with E-state index in [4.69, 9.17) is 0 Å². The number of anilines is 1. The van der Waals surface area contributed by atoms with Crippen molar-refractivity contribution < 1.29 is 9.18 Å². The van der Waals surface area contributed by atoms with Gasteiger partial charge in [0.25, 0.3) is 0 Å². The van der Waals surface area contributed by atoms with Crippen molar-refractivity contribution in [2.75, 3.05) is 18.0 Å². The molecule has 0 spiro atoms. The normalized spacial score (nSPS) is 17.9. The topological polar surface area (TPSA) is 49.3 Å². The molecule has 1 amide bonds. The van der Waals surface area contributed by atoms with E-state index in [1.807, 2.05) is 17.9 Å². The van der Waals surface area contributed by atoms with E-state index >= 15 is 0 Å². The minimum absolute atomic E-state index is 0.0559. The molecule has 28 heavy (non-hydrogen) atoms. The molecule has 1 aromatic heterocycles. The van der Waals surface area contributed by atoms with E-state index in [0.29, 0.717) is 25.4 Å². The molecular formula is C22H29FN4O. The summed E-state index contributed by atoms with van der Waals surface area (Å²) in [6.07, 6.45) is 1.29. The first-order chi connectivity index (χ1) is 13.4. The van der Waals surface area contributed by atoms with Crippen LogP contribution in [0.4, 0.5) is 10.2 Å². The van der Waals surface area contributed by atoms with Gasteiger partial charge in [0.15, 0.2) is 0 Å². The molecule has 1 fully saturated rings. The first-order valence-corrected chi connectivity index (χ1v) is 10.0. The van der Waals surface area contributed by atoms with Crippen molar-refractivity contribution in [2.24, 2.45) is 5.92 Å². The number of amides is 1. The van der Waals surface area contributed by atoms with Crippen molar-refractivity contribution in [3.8, 4) is 0 Å². The number of nitrogens with zero attached hydrogens (tertiary/aromatic N) is 4. The molecule has 0 N–H and O–H groups in total. The molecule has 0 bridgehead atoms. The van der Waals surface area contributed by atoms with Crippen molar-refractivity contribution in [2.45, 2.75) is 53.1 Å². The highest BCUT2D eigenvalue weighted by Crippen LogP contribution is 2.24. The summed E-state index contributed by atoms with van der Waals surface area (Å²) < 4.78 is 13.2. The van der Waals surface area contributed by atoms with E-state index in [-0.39, 0.29) is 17.8 Å². The predicted octanol–water partition coefficient (Wildman–Crippen LogP) is 3.75. The molecule has 1 aliphatic rings. The lowest BCUT2D eigenvalue weighted by Gasteiger charge is -2.35. The zero-order valence-corrected chi connectivity index (χ0v) is 17.2. The lowest BCUT2D eigenvalue weighted by molar-refractivity contribution is -0.134. The van der Waals surface area contributed by atoms with Crippen LogP contribution in [0.2, 0.25) is 0 Å². The summed E-state index contributed by atoms with van der Waals surface area (Å²) in [4.78, 5) is 26.2. The Morgan fingerprint density at radius 1 is 1.21 bits per heavy atom. The van der Waals surface area contributed by atoms with E-state index in [9.17, 15) is 9.18 Å². The molecule has 150 valence electrons. The molecule has 2 heterocycles. The molecule has 3 rings (SSSR count). The van der Waals surface area contributed by atoms with Crippen molar-refractivity contribution >= 4 is 11.7 Å². The summed E-state index contributed by atoms with van der Waals surface area (Å²) in [5.41, 5.74) is 1.96. The summed E-state index contributed by atoms with van der Waals surface area (Å²) in [5.74, 6) is 1.81. The van der Waals surface area contributed by atoms with Crippen LogP contribution in [0, 0.1) is 18.7 Å². The SMILES string of the molecule is CCc1cc(N2CCC(=O)N(Cc3ccc(F)cc3)[C@@H](C(C)C)C2)nc(C)n1. The standard InChI is InChI=1S/C22H29FN4O/c1-5-19-12-21(25-16(4)24-19)26-11-10-22(28)27(20(14-26)15(2)3)13-17-6-8-18(23)9-7-17/h6-9,12,15,20H,5,10-11,13-14H2,1-4H3/t20-/m1/s1. The first kappa shape index (κ1) is 20.2. The molecule has 0 saturated carbocycles.